The van der Waals surface area contributed by atoms with Crippen LogP contribution in [-0.2, 0) is 10.0 Å². The Morgan fingerprint density at radius 3 is 2.70 bits per heavy atom. The van der Waals surface area contributed by atoms with E-state index in [9.17, 15) is 13.2 Å². The largest absolute Gasteiger partial charge is 0.366 e. The molecule has 0 radical (unpaired) electrons. The Balaban J connectivity index is 1.59. The summed E-state index contributed by atoms with van der Waals surface area (Å²) in [6, 6.07) is 13.2. The summed E-state index contributed by atoms with van der Waals surface area (Å²) in [5.41, 5.74) is 2.98. The van der Waals surface area contributed by atoms with Crippen LogP contribution in [0.1, 0.15) is 12.5 Å². The minimum Gasteiger partial charge on any atom is -0.366 e. The standard InChI is InChI=1S/C19H21N3O3S2/c1-13-4-3-5-15(10-13)22-9-8-21(12-14(22)2)27(24,25)16-6-7-17-18(11-16)26-19(23)20-17/h3-7,10-11,14H,8-9,12H2,1-2H3,(H,20,23). The van der Waals surface area contributed by atoms with Crippen LogP contribution in [0.5, 0.6) is 0 Å². The van der Waals surface area contributed by atoms with Gasteiger partial charge in [0.15, 0.2) is 0 Å². The summed E-state index contributed by atoms with van der Waals surface area (Å²) in [6.45, 7) is 5.61. The fourth-order valence-corrected chi connectivity index (χ4v) is 5.96. The molecular weight excluding hydrogens is 382 g/mol. The molecule has 0 aliphatic carbocycles. The number of hydrogen-bond donors (Lipinski definition) is 1. The Labute approximate surface area is 162 Å². The zero-order valence-electron chi connectivity index (χ0n) is 15.2. The molecule has 1 N–H and O–H groups in total. The van der Waals surface area contributed by atoms with Crippen molar-refractivity contribution in [1.29, 1.82) is 0 Å². The van der Waals surface area contributed by atoms with Crippen LogP contribution < -0.4 is 9.77 Å². The van der Waals surface area contributed by atoms with Gasteiger partial charge in [-0.15, -0.1) is 0 Å². The van der Waals surface area contributed by atoms with Gasteiger partial charge < -0.3 is 9.88 Å². The van der Waals surface area contributed by atoms with Gasteiger partial charge in [-0.1, -0.05) is 23.5 Å². The van der Waals surface area contributed by atoms with Crippen molar-refractivity contribution in [3.63, 3.8) is 0 Å². The molecule has 6 nitrogen and oxygen atoms in total. The maximum absolute atomic E-state index is 13.1. The van der Waals surface area contributed by atoms with Crippen molar-refractivity contribution in [1.82, 2.24) is 9.29 Å². The number of thiazole rings is 1. The second kappa shape index (κ2) is 6.78. The minimum absolute atomic E-state index is 0.0716. The van der Waals surface area contributed by atoms with Crippen molar-refractivity contribution in [2.75, 3.05) is 24.5 Å². The number of anilines is 1. The molecule has 27 heavy (non-hydrogen) atoms. The molecular formula is C19H21N3O3S2. The van der Waals surface area contributed by atoms with Crippen LogP contribution in [0.2, 0.25) is 0 Å². The number of aromatic nitrogens is 1. The number of sulfonamides is 1. The third-order valence-electron chi connectivity index (χ3n) is 4.95. The highest BCUT2D eigenvalue weighted by Crippen LogP contribution is 2.27. The van der Waals surface area contributed by atoms with Crippen molar-refractivity contribution >= 4 is 37.3 Å². The molecule has 1 aromatic heterocycles. The Bertz CT molecular complexity index is 1150. The molecule has 2 heterocycles. The van der Waals surface area contributed by atoms with Crippen LogP contribution in [0.25, 0.3) is 10.2 Å². The smallest absolute Gasteiger partial charge is 0.305 e. The van der Waals surface area contributed by atoms with Gasteiger partial charge in [-0.2, -0.15) is 4.31 Å². The Morgan fingerprint density at radius 1 is 1.15 bits per heavy atom. The first-order chi connectivity index (χ1) is 12.8. The summed E-state index contributed by atoms with van der Waals surface area (Å²) >= 11 is 1.03. The molecule has 3 aromatic rings. The maximum Gasteiger partial charge on any atom is 0.305 e. The van der Waals surface area contributed by atoms with E-state index in [0.29, 0.717) is 29.9 Å². The molecule has 1 aliphatic rings. The van der Waals surface area contributed by atoms with E-state index in [1.807, 2.05) is 13.0 Å². The van der Waals surface area contributed by atoms with Crippen molar-refractivity contribution < 1.29 is 8.42 Å². The normalized spacial score (nSPS) is 18.9. The number of benzene rings is 2. The number of nitrogens with one attached hydrogen (secondary N) is 1. The average Bonchev–Trinajstić information content (AvgIpc) is 3.00. The SMILES string of the molecule is Cc1cccc(N2CCN(S(=O)(=O)c3ccc4[nH]c(=O)sc4c3)CC2C)c1. The topological polar surface area (TPSA) is 73.5 Å². The van der Waals surface area contributed by atoms with Crippen LogP contribution in [0.15, 0.2) is 52.2 Å². The van der Waals surface area contributed by atoms with Crippen molar-refractivity contribution in [3.05, 3.63) is 57.7 Å². The first-order valence-electron chi connectivity index (χ1n) is 8.81. The number of aryl methyl sites for hydroxylation is 1. The van der Waals surface area contributed by atoms with E-state index in [1.54, 1.807) is 22.5 Å². The van der Waals surface area contributed by atoms with E-state index in [4.69, 9.17) is 0 Å². The number of H-pyrrole nitrogens is 1. The van der Waals surface area contributed by atoms with E-state index in [-0.39, 0.29) is 15.8 Å². The molecule has 0 saturated carbocycles. The highest BCUT2D eigenvalue weighted by Gasteiger charge is 2.32. The van der Waals surface area contributed by atoms with Crippen molar-refractivity contribution in [2.24, 2.45) is 0 Å². The maximum atomic E-state index is 13.1. The lowest BCUT2D eigenvalue weighted by Gasteiger charge is -2.40. The highest BCUT2D eigenvalue weighted by molar-refractivity contribution is 7.89. The molecule has 142 valence electrons. The zero-order chi connectivity index (χ0) is 19.2. The molecule has 1 atom stereocenters. The third-order valence-corrected chi connectivity index (χ3v) is 7.66. The van der Waals surface area contributed by atoms with Crippen LogP contribution in [-0.4, -0.2) is 43.4 Å². The first kappa shape index (κ1) is 18.2. The molecule has 1 aliphatic heterocycles. The van der Waals surface area contributed by atoms with Gasteiger partial charge in [0.1, 0.15) is 0 Å². The second-order valence-electron chi connectivity index (χ2n) is 6.92. The van der Waals surface area contributed by atoms with E-state index < -0.39 is 10.0 Å². The summed E-state index contributed by atoms with van der Waals surface area (Å²) in [7, 11) is -3.59. The number of fused-ring (bicyclic) bond motifs is 1. The van der Waals surface area contributed by atoms with Crippen molar-refractivity contribution in [2.45, 2.75) is 24.8 Å². The van der Waals surface area contributed by atoms with Crippen LogP contribution in [0.4, 0.5) is 5.69 Å². The van der Waals surface area contributed by atoms with Crippen LogP contribution in [0, 0.1) is 6.92 Å². The van der Waals surface area contributed by atoms with Gasteiger partial charge in [0.2, 0.25) is 10.0 Å². The monoisotopic (exact) mass is 403 g/mol. The van der Waals surface area contributed by atoms with Crippen LogP contribution in [0.3, 0.4) is 0 Å². The first-order valence-corrected chi connectivity index (χ1v) is 11.1. The van der Waals surface area contributed by atoms with Gasteiger partial charge >= 0.3 is 4.87 Å². The lowest BCUT2D eigenvalue weighted by Crippen LogP contribution is -2.53. The number of aromatic amines is 1. The average molecular weight is 404 g/mol. The van der Waals surface area contributed by atoms with Gasteiger partial charge in [0, 0.05) is 31.4 Å². The lowest BCUT2D eigenvalue weighted by molar-refractivity contribution is 0.342. The predicted molar refractivity (Wildman–Crippen MR) is 109 cm³/mol. The predicted octanol–water partition coefficient (Wildman–Crippen LogP) is 2.80. The van der Waals surface area contributed by atoms with Gasteiger partial charge in [-0.3, -0.25) is 4.79 Å². The molecule has 1 unspecified atom stereocenters. The lowest BCUT2D eigenvalue weighted by atomic mass is 10.1. The zero-order valence-corrected chi connectivity index (χ0v) is 16.8. The van der Waals surface area contributed by atoms with E-state index in [0.717, 1.165) is 17.0 Å². The minimum atomic E-state index is -3.59. The van der Waals surface area contributed by atoms with Gasteiger partial charge in [0.25, 0.3) is 0 Å². The van der Waals surface area contributed by atoms with Gasteiger partial charge in [0.05, 0.1) is 15.1 Å². The molecule has 1 fully saturated rings. The molecule has 2 aromatic carbocycles. The fourth-order valence-electron chi connectivity index (χ4n) is 3.57. The van der Waals surface area contributed by atoms with E-state index in [1.165, 1.54) is 5.56 Å². The number of piperazine rings is 1. The molecule has 0 spiro atoms. The highest BCUT2D eigenvalue weighted by atomic mass is 32.2. The van der Waals surface area contributed by atoms with E-state index >= 15 is 0 Å². The van der Waals surface area contributed by atoms with E-state index in [2.05, 4.69) is 35.0 Å². The summed E-state index contributed by atoms with van der Waals surface area (Å²) < 4.78 is 28.4. The number of nitrogens with zero attached hydrogens (tertiary/aromatic N) is 2. The summed E-state index contributed by atoms with van der Waals surface area (Å²) in [5.74, 6) is 0. The fraction of sp³-hybridized carbons (Fsp3) is 0.316. The quantitative estimate of drug-likeness (QED) is 0.730. The number of hydrogen-bond acceptors (Lipinski definition) is 5. The molecule has 1 saturated heterocycles. The second-order valence-corrected chi connectivity index (χ2v) is 9.87. The Hall–Kier alpha value is -2.16. The molecule has 4 rings (SSSR count). The summed E-state index contributed by atoms with van der Waals surface area (Å²) in [4.78, 5) is 16.5. The third kappa shape index (κ3) is 3.40. The number of rotatable bonds is 3. The Morgan fingerprint density at radius 2 is 1.96 bits per heavy atom. The summed E-state index contributed by atoms with van der Waals surface area (Å²) in [5, 5.41) is 0. The van der Waals surface area contributed by atoms with Crippen molar-refractivity contribution in [3.8, 4) is 0 Å². The molecule has 8 heteroatoms. The van der Waals surface area contributed by atoms with Gasteiger partial charge in [-0.25, -0.2) is 8.42 Å². The molecule has 0 amide bonds. The molecule has 0 bridgehead atoms. The summed E-state index contributed by atoms with van der Waals surface area (Å²) in [6.07, 6.45) is 0. The van der Waals surface area contributed by atoms with Gasteiger partial charge in [-0.05, 0) is 49.7 Å². The Kier molecular flexibility index (Phi) is 4.57. The van der Waals surface area contributed by atoms with Crippen LogP contribution >= 0.6 is 11.3 Å².